The number of carbonyl (C=O) groups is 1. The van der Waals surface area contributed by atoms with Crippen LogP contribution in [0.4, 0.5) is 15.8 Å². The van der Waals surface area contributed by atoms with Crippen molar-refractivity contribution in [3.8, 4) is 0 Å². The molecule has 3 N–H and O–H groups in total. The molecule has 1 amide bonds. The number of nitrogens with two attached hydrogens (primary N) is 1. The molecule has 0 radical (unpaired) electrons. The fourth-order valence-corrected chi connectivity index (χ4v) is 1.96. The number of pyridine rings is 1. The lowest BCUT2D eigenvalue weighted by Gasteiger charge is -2.20. The van der Waals surface area contributed by atoms with Crippen LogP contribution >= 0.6 is 0 Å². The third-order valence-corrected chi connectivity index (χ3v) is 2.89. The zero-order valence-corrected chi connectivity index (χ0v) is 10.8. The Kier molecular flexibility index (Phi) is 3.50. The van der Waals surface area contributed by atoms with Crippen LogP contribution in [0.1, 0.15) is 0 Å². The van der Waals surface area contributed by atoms with Crippen LogP contribution in [0.15, 0.2) is 24.4 Å². The summed E-state index contributed by atoms with van der Waals surface area (Å²) in [5.41, 5.74) is 6.83. The highest BCUT2D eigenvalue weighted by atomic mass is 19.1. The first-order chi connectivity index (χ1) is 9.04. The predicted molar refractivity (Wildman–Crippen MR) is 73.5 cm³/mol. The number of anilines is 2. The monoisotopic (exact) mass is 262 g/mol. The van der Waals surface area contributed by atoms with Gasteiger partial charge in [0.1, 0.15) is 0 Å². The van der Waals surface area contributed by atoms with E-state index in [-0.39, 0.29) is 18.1 Å². The molecule has 1 aromatic carbocycles. The Morgan fingerprint density at radius 2 is 2.32 bits per heavy atom. The number of carbonyl (C=O) groups excluding carboxylic acids is 1. The van der Waals surface area contributed by atoms with Crippen LogP contribution in [-0.4, -0.2) is 31.5 Å². The van der Waals surface area contributed by atoms with Crippen molar-refractivity contribution < 1.29 is 9.18 Å². The molecule has 1 aromatic heterocycles. The molecular weight excluding hydrogens is 247 g/mol. The molecule has 0 spiro atoms. The number of benzene rings is 1. The van der Waals surface area contributed by atoms with Crippen molar-refractivity contribution in [2.24, 2.45) is 0 Å². The lowest BCUT2D eigenvalue weighted by atomic mass is 10.1. The Morgan fingerprint density at radius 3 is 3.00 bits per heavy atom. The molecule has 0 fully saturated rings. The smallest absolute Gasteiger partial charge is 0.239 e. The van der Waals surface area contributed by atoms with Gasteiger partial charge < -0.3 is 16.0 Å². The van der Waals surface area contributed by atoms with E-state index in [4.69, 9.17) is 5.73 Å². The van der Waals surface area contributed by atoms with Crippen molar-refractivity contribution in [3.05, 3.63) is 30.2 Å². The van der Waals surface area contributed by atoms with Crippen molar-refractivity contribution in [3.63, 3.8) is 0 Å². The maximum absolute atomic E-state index is 14.1. The van der Waals surface area contributed by atoms with Gasteiger partial charge in [0.15, 0.2) is 5.82 Å². The number of nitrogens with one attached hydrogen (secondary N) is 1. The fourth-order valence-electron chi connectivity index (χ4n) is 1.96. The van der Waals surface area contributed by atoms with Gasteiger partial charge >= 0.3 is 0 Å². The van der Waals surface area contributed by atoms with Gasteiger partial charge in [0.25, 0.3) is 0 Å². The number of amides is 1. The molecule has 19 heavy (non-hydrogen) atoms. The molecule has 2 aromatic rings. The highest BCUT2D eigenvalue weighted by Crippen LogP contribution is 2.31. The molecule has 0 aliphatic heterocycles. The number of nitrogens with zero attached hydrogens (tertiary/aromatic N) is 2. The molecule has 5 nitrogen and oxygen atoms in total. The number of nitrogen functional groups attached to an aromatic ring is 1. The molecular formula is C13H15FN4O. The zero-order valence-electron chi connectivity index (χ0n) is 10.8. The highest BCUT2D eigenvalue weighted by molar-refractivity contribution is 5.99. The Labute approximate surface area is 110 Å². The van der Waals surface area contributed by atoms with Gasteiger partial charge in [-0.25, -0.2) is 4.39 Å². The summed E-state index contributed by atoms with van der Waals surface area (Å²) < 4.78 is 14.1. The van der Waals surface area contributed by atoms with E-state index in [0.29, 0.717) is 16.6 Å². The standard InChI is InChI=1S/C13H15FN4O/c1-16-11(19)7-18(2)13-9(14)6-10(15)8-4-3-5-17-12(8)13/h3-6H,7,15H2,1-2H3,(H,16,19). The summed E-state index contributed by atoms with van der Waals surface area (Å²) in [5, 5.41) is 3.17. The average molecular weight is 262 g/mol. The maximum Gasteiger partial charge on any atom is 0.239 e. The van der Waals surface area contributed by atoms with Crippen LogP contribution in [0.3, 0.4) is 0 Å². The van der Waals surface area contributed by atoms with E-state index in [0.717, 1.165) is 0 Å². The Hall–Kier alpha value is -2.37. The Bertz CT molecular complexity index is 629. The number of hydrogen-bond acceptors (Lipinski definition) is 4. The second-order valence-corrected chi connectivity index (χ2v) is 4.23. The zero-order chi connectivity index (χ0) is 14.0. The lowest BCUT2D eigenvalue weighted by Crippen LogP contribution is -2.33. The first-order valence-electron chi connectivity index (χ1n) is 5.79. The largest absolute Gasteiger partial charge is 0.398 e. The highest BCUT2D eigenvalue weighted by Gasteiger charge is 2.17. The summed E-state index contributed by atoms with van der Waals surface area (Å²) in [4.78, 5) is 17.1. The first kappa shape index (κ1) is 13.1. The first-order valence-corrected chi connectivity index (χ1v) is 5.79. The lowest BCUT2D eigenvalue weighted by molar-refractivity contribution is -0.119. The van der Waals surface area contributed by atoms with Crippen molar-refractivity contribution >= 4 is 28.2 Å². The number of fused-ring (bicyclic) bond motifs is 1. The molecule has 0 unspecified atom stereocenters. The predicted octanol–water partition coefficient (Wildman–Crippen LogP) is 1.14. The quantitative estimate of drug-likeness (QED) is 0.814. The molecule has 0 saturated carbocycles. The van der Waals surface area contributed by atoms with Gasteiger partial charge in [-0.3, -0.25) is 9.78 Å². The topological polar surface area (TPSA) is 71.2 Å². The summed E-state index contributed by atoms with van der Waals surface area (Å²) in [6.45, 7) is 0.0447. The minimum Gasteiger partial charge on any atom is -0.398 e. The number of halogens is 1. The SMILES string of the molecule is CNC(=O)CN(C)c1c(F)cc(N)c2cccnc12. The van der Waals surface area contributed by atoms with Crippen molar-refractivity contribution in [1.82, 2.24) is 10.3 Å². The van der Waals surface area contributed by atoms with E-state index in [1.807, 2.05) is 0 Å². The van der Waals surface area contributed by atoms with Crippen molar-refractivity contribution in [2.45, 2.75) is 0 Å². The van der Waals surface area contributed by atoms with Crippen LogP contribution in [0.25, 0.3) is 10.9 Å². The second kappa shape index (κ2) is 5.09. The van der Waals surface area contributed by atoms with Gasteiger partial charge in [0.2, 0.25) is 5.91 Å². The number of aromatic nitrogens is 1. The molecule has 100 valence electrons. The van der Waals surface area contributed by atoms with E-state index in [9.17, 15) is 9.18 Å². The fraction of sp³-hybridized carbons (Fsp3) is 0.231. The molecule has 0 saturated heterocycles. The third kappa shape index (κ3) is 2.42. The molecule has 2 rings (SSSR count). The van der Waals surface area contributed by atoms with Gasteiger partial charge in [-0.05, 0) is 18.2 Å². The van der Waals surface area contributed by atoms with E-state index < -0.39 is 5.82 Å². The van der Waals surface area contributed by atoms with Crippen molar-refractivity contribution in [1.29, 1.82) is 0 Å². The van der Waals surface area contributed by atoms with Gasteiger partial charge in [-0.15, -0.1) is 0 Å². The van der Waals surface area contributed by atoms with E-state index in [1.54, 1.807) is 25.4 Å². The van der Waals surface area contributed by atoms with Gasteiger partial charge in [0, 0.05) is 31.4 Å². The summed E-state index contributed by atoms with van der Waals surface area (Å²) in [6.07, 6.45) is 1.57. The summed E-state index contributed by atoms with van der Waals surface area (Å²) in [6, 6.07) is 4.76. The molecule has 6 heteroatoms. The molecule has 0 aliphatic rings. The van der Waals surface area contributed by atoms with Crippen LogP contribution in [-0.2, 0) is 4.79 Å². The van der Waals surface area contributed by atoms with Gasteiger partial charge in [0.05, 0.1) is 17.7 Å². The Morgan fingerprint density at radius 1 is 1.58 bits per heavy atom. The average Bonchev–Trinajstić information content (AvgIpc) is 2.38. The van der Waals surface area contributed by atoms with E-state index >= 15 is 0 Å². The summed E-state index contributed by atoms with van der Waals surface area (Å²) >= 11 is 0. The van der Waals surface area contributed by atoms with Crippen molar-refractivity contribution in [2.75, 3.05) is 31.3 Å². The molecule has 0 bridgehead atoms. The summed E-state index contributed by atoms with van der Waals surface area (Å²) in [7, 11) is 3.17. The maximum atomic E-state index is 14.1. The van der Waals surface area contributed by atoms with Crippen LogP contribution in [0.2, 0.25) is 0 Å². The molecule has 0 aliphatic carbocycles. The van der Waals surface area contributed by atoms with Gasteiger partial charge in [-0.1, -0.05) is 0 Å². The number of hydrogen-bond donors (Lipinski definition) is 2. The van der Waals surface area contributed by atoms with Gasteiger partial charge in [-0.2, -0.15) is 0 Å². The van der Waals surface area contributed by atoms with Crippen LogP contribution < -0.4 is 16.0 Å². The van der Waals surface area contributed by atoms with E-state index in [1.165, 1.54) is 18.0 Å². The van der Waals surface area contributed by atoms with Crippen LogP contribution in [0, 0.1) is 5.82 Å². The molecule has 1 heterocycles. The Balaban J connectivity index is 2.56. The summed E-state index contributed by atoms with van der Waals surface area (Å²) in [5.74, 6) is -0.696. The molecule has 0 atom stereocenters. The van der Waals surface area contributed by atoms with E-state index in [2.05, 4.69) is 10.3 Å². The minimum absolute atomic E-state index is 0.0447. The number of likely N-dealkylation sites (N-methyl/N-ethyl adjacent to an activating group) is 2. The minimum atomic E-state index is -0.491. The second-order valence-electron chi connectivity index (χ2n) is 4.23. The van der Waals surface area contributed by atoms with Crippen LogP contribution in [0.5, 0.6) is 0 Å². The third-order valence-electron chi connectivity index (χ3n) is 2.89. The number of rotatable bonds is 3. The normalized spacial score (nSPS) is 10.5.